The van der Waals surface area contributed by atoms with E-state index in [0.29, 0.717) is 31.1 Å². The highest BCUT2D eigenvalue weighted by Crippen LogP contribution is 2.52. The van der Waals surface area contributed by atoms with E-state index in [0.717, 1.165) is 18.9 Å². The van der Waals surface area contributed by atoms with Gasteiger partial charge in [-0.3, -0.25) is 4.79 Å². The molecule has 3 aliphatic rings. The minimum atomic E-state index is -3.84. The Bertz CT molecular complexity index is 1120. The summed E-state index contributed by atoms with van der Waals surface area (Å²) in [6.45, 7) is 3.05. The van der Waals surface area contributed by atoms with Crippen LogP contribution < -0.4 is 4.74 Å². The zero-order valence-corrected chi connectivity index (χ0v) is 17.6. The second-order valence-corrected chi connectivity index (χ2v) is 10.5. The number of ether oxygens (including phenoxy) is 1. The lowest BCUT2D eigenvalue weighted by Gasteiger charge is -2.60. The van der Waals surface area contributed by atoms with Crippen LogP contribution in [0.5, 0.6) is 5.88 Å². The van der Waals surface area contributed by atoms with Crippen molar-refractivity contribution < 1.29 is 22.3 Å². The van der Waals surface area contributed by atoms with Crippen LogP contribution in [-0.2, 0) is 17.1 Å². The van der Waals surface area contributed by atoms with Crippen LogP contribution >= 0.6 is 0 Å². The van der Waals surface area contributed by atoms with Gasteiger partial charge in [0.15, 0.2) is 0 Å². The van der Waals surface area contributed by atoms with Crippen molar-refractivity contribution in [2.24, 2.45) is 12.5 Å². The third-order valence-corrected chi connectivity index (χ3v) is 8.32. The van der Waals surface area contributed by atoms with Gasteiger partial charge >= 0.3 is 0 Å². The molecular formula is C20H23FN4O4S. The highest BCUT2D eigenvalue weighted by atomic mass is 32.2. The average Bonchev–Trinajstić information content (AvgIpc) is 2.94. The molecule has 3 heterocycles. The monoisotopic (exact) mass is 434 g/mol. The van der Waals surface area contributed by atoms with E-state index < -0.39 is 15.8 Å². The van der Waals surface area contributed by atoms with Crippen molar-refractivity contribution >= 4 is 15.9 Å². The molecule has 10 heteroatoms. The number of carbonyl (C=O) groups excluding carboxylic acids is 1. The number of nitrogens with zero attached hydrogens (tertiary/aromatic N) is 4. The van der Waals surface area contributed by atoms with Crippen molar-refractivity contribution in [3.8, 4) is 5.88 Å². The number of rotatable bonds is 3. The largest absolute Gasteiger partial charge is 0.475 e. The zero-order chi connectivity index (χ0) is 21.3. The fourth-order valence-electron chi connectivity index (χ4n) is 4.95. The fourth-order valence-corrected chi connectivity index (χ4v) is 6.68. The molecule has 0 bridgehead atoms. The predicted molar refractivity (Wildman–Crippen MR) is 105 cm³/mol. The lowest BCUT2D eigenvalue weighted by Crippen LogP contribution is -2.68. The van der Waals surface area contributed by atoms with E-state index in [2.05, 4.69) is 5.10 Å². The van der Waals surface area contributed by atoms with Gasteiger partial charge in [0.1, 0.15) is 22.9 Å². The SMILES string of the molecule is C[C@@H]1COc2c(cnn2C)C(=O)N1C1CC2(C1)CN(S(=O)(=O)c1ccccc1F)C2. The standard InChI is InChI=1S/C20H23FN4O4S/c1-13-10-29-19-15(9-22-23(19)2)18(26)25(13)14-7-20(8-14)11-24(12-20)30(27,28)17-6-4-3-5-16(17)21/h3-6,9,13-14H,7-8,10-12H2,1-2H3/t13-/m1/s1. The zero-order valence-electron chi connectivity index (χ0n) is 16.8. The smallest absolute Gasteiger partial charge is 0.261 e. The normalized spacial score (nSPS) is 24.0. The van der Waals surface area contributed by atoms with E-state index in [-0.39, 0.29) is 28.3 Å². The molecule has 1 amide bonds. The Morgan fingerprint density at radius 2 is 1.93 bits per heavy atom. The first-order valence-corrected chi connectivity index (χ1v) is 11.4. The quantitative estimate of drug-likeness (QED) is 0.733. The molecule has 2 aliphatic heterocycles. The van der Waals surface area contributed by atoms with Crippen molar-refractivity contribution in [2.45, 2.75) is 36.7 Å². The summed E-state index contributed by atoms with van der Waals surface area (Å²) in [6, 6.07) is 5.38. The Labute approximate surface area is 174 Å². The van der Waals surface area contributed by atoms with Crippen LogP contribution in [0.2, 0.25) is 0 Å². The molecule has 8 nitrogen and oxygen atoms in total. The van der Waals surface area contributed by atoms with E-state index >= 15 is 0 Å². The summed E-state index contributed by atoms with van der Waals surface area (Å²) in [7, 11) is -2.10. The van der Waals surface area contributed by atoms with Gasteiger partial charge in [-0.25, -0.2) is 17.5 Å². The molecule has 1 aromatic heterocycles. The van der Waals surface area contributed by atoms with Gasteiger partial charge in [0, 0.05) is 31.6 Å². The Morgan fingerprint density at radius 3 is 2.63 bits per heavy atom. The number of carbonyl (C=O) groups is 1. The Kier molecular flexibility index (Phi) is 4.24. The van der Waals surface area contributed by atoms with Crippen LogP contribution in [0.15, 0.2) is 35.4 Å². The summed E-state index contributed by atoms with van der Waals surface area (Å²) in [5.41, 5.74) is 0.314. The third kappa shape index (κ3) is 2.77. The van der Waals surface area contributed by atoms with E-state index in [9.17, 15) is 17.6 Å². The molecular weight excluding hydrogens is 411 g/mol. The van der Waals surface area contributed by atoms with Crippen LogP contribution in [-0.4, -0.2) is 65.1 Å². The summed E-state index contributed by atoms with van der Waals surface area (Å²) < 4.78 is 48.1. The minimum absolute atomic E-state index is 0.0283. The number of benzene rings is 1. The van der Waals surface area contributed by atoms with Crippen molar-refractivity contribution in [1.29, 1.82) is 0 Å². The van der Waals surface area contributed by atoms with Gasteiger partial charge in [-0.15, -0.1) is 0 Å². The van der Waals surface area contributed by atoms with Gasteiger partial charge in [0.25, 0.3) is 5.91 Å². The number of hydrogen-bond acceptors (Lipinski definition) is 5. The molecule has 0 radical (unpaired) electrons. The third-order valence-electron chi connectivity index (χ3n) is 6.49. The molecule has 1 spiro atoms. The molecule has 2 fully saturated rings. The first-order valence-electron chi connectivity index (χ1n) is 9.94. The van der Waals surface area contributed by atoms with Gasteiger partial charge in [-0.05, 0) is 31.9 Å². The van der Waals surface area contributed by atoms with Gasteiger partial charge in [-0.2, -0.15) is 9.40 Å². The lowest BCUT2D eigenvalue weighted by molar-refractivity contribution is -0.0757. The summed E-state index contributed by atoms with van der Waals surface area (Å²) in [4.78, 5) is 14.7. The minimum Gasteiger partial charge on any atom is -0.475 e. The molecule has 30 heavy (non-hydrogen) atoms. The molecule has 160 valence electrons. The predicted octanol–water partition coefficient (Wildman–Crippen LogP) is 1.64. The van der Waals surface area contributed by atoms with Crippen LogP contribution in [0, 0.1) is 11.2 Å². The molecule has 1 aromatic carbocycles. The molecule has 0 unspecified atom stereocenters. The first kappa shape index (κ1) is 19.5. The van der Waals surface area contributed by atoms with Crippen molar-refractivity contribution in [3.63, 3.8) is 0 Å². The Hall–Kier alpha value is -2.46. The van der Waals surface area contributed by atoms with E-state index in [1.54, 1.807) is 11.7 Å². The molecule has 5 rings (SSSR count). The summed E-state index contributed by atoms with van der Waals surface area (Å²) >= 11 is 0. The molecule has 0 N–H and O–H groups in total. The molecule has 1 atom stereocenters. The van der Waals surface area contributed by atoms with Crippen molar-refractivity contribution in [2.75, 3.05) is 19.7 Å². The van der Waals surface area contributed by atoms with Crippen LogP contribution in [0.1, 0.15) is 30.1 Å². The molecule has 2 aromatic rings. The van der Waals surface area contributed by atoms with Crippen LogP contribution in [0.25, 0.3) is 0 Å². The van der Waals surface area contributed by atoms with Gasteiger partial charge < -0.3 is 9.64 Å². The maximum atomic E-state index is 14.0. The van der Waals surface area contributed by atoms with E-state index in [1.807, 2.05) is 11.8 Å². The van der Waals surface area contributed by atoms with Crippen LogP contribution in [0.4, 0.5) is 4.39 Å². The maximum Gasteiger partial charge on any atom is 0.261 e. The number of aryl methyl sites for hydroxylation is 1. The number of sulfonamides is 1. The molecule has 1 saturated heterocycles. The maximum absolute atomic E-state index is 14.0. The second-order valence-electron chi connectivity index (χ2n) is 8.63. The summed E-state index contributed by atoms with van der Waals surface area (Å²) in [5, 5.41) is 4.12. The van der Waals surface area contributed by atoms with Gasteiger partial charge in [-0.1, -0.05) is 12.1 Å². The number of fused-ring (bicyclic) bond motifs is 1. The van der Waals surface area contributed by atoms with E-state index in [1.165, 1.54) is 28.7 Å². The van der Waals surface area contributed by atoms with Crippen molar-refractivity contribution in [3.05, 3.63) is 41.8 Å². The molecule has 1 aliphatic carbocycles. The highest BCUT2D eigenvalue weighted by Gasteiger charge is 2.58. The number of amides is 1. The number of aromatic nitrogens is 2. The fraction of sp³-hybridized carbons (Fsp3) is 0.500. The average molecular weight is 434 g/mol. The van der Waals surface area contributed by atoms with Crippen molar-refractivity contribution in [1.82, 2.24) is 19.0 Å². The Morgan fingerprint density at radius 1 is 1.23 bits per heavy atom. The second kappa shape index (κ2) is 6.52. The lowest BCUT2D eigenvalue weighted by atomic mass is 9.61. The van der Waals surface area contributed by atoms with Gasteiger partial charge in [0.05, 0.1) is 12.2 Å². The van der Waals surface area contributed by atoms with Gasteiger partial charge in [0.2, 0.25) is 15.9 Å². The van der Waals surface area contributed by atoms with Crippen LogP contribution in [0.3, 0.4) is 0 Å². The molecule has 1 saturated carbocycles. The Balaban J connectivity index is 1.28. The summed E-state index contributed by atoms with van der Waals surface area (Å²) in [5.74, 6) is -0.353. The first-order chi connectivity index (χ1) is 14.2. The summed E-state index contributed by atoms with van der Waals surface area (Å²) in [6.07, 6.45) is 2.98. The van der Waals surface area contributed by atoms with E-state index in [4.69, 9.17) is 4.74 Å². The number of halogens is 1. The number of hydrogen-bond donors (Lipinski definition) is 0. The highest BCUT2D eigenvalue weighted by molar-refractivity contribution is 7.89. The topological polar surface area (TPSA) is 84.7 Å².